The van der Waals surface area contributed by atoms with Crippen LogP contribution in [-0.2, 0) is 4.74 Å². The molecule has 0 unspecified atom stereocenters. The summed E-state index contributed by atoms with van der Waals surface area (Å²) in [7, 11) is 0. The molecule has 4 rings (SSSR count). The molecule has 3 heterocycles. The van der Waals surface area contributed by atoms with Crippen LogP contribution < -0.4 is 0 Å². The molecule has 10 heteroatoms. The third kappa shape index (κ3) is 3.90. The Morgan fingerprint density at radius 3 is 2.96 bits per heavy atom. The van der Waals surface area contributed by atoms with Crippen LogP contribution in [0.3, 0.4) is 0 Å². The summed E-state index contributed by atoms with van der Waals surface area (Å²) < 4.78 is 12.5. The highest BCUT2D eigenvalue weighted by Crippen LogP contribution is 2.29. The molecule has 0 radical (unpaired) electrons. The van der Waals surface area contributed by atoms with E-state index >= 15 is 0 Å². The number of ether oxygens (including phenoxy) is 1. The SMILES string of the molecule is O=C(OCSc1nnc(-c2ccco2)n1-c1cccc(Cl)c1)c1cscn1. The number of carbonyl (C=O) groups excluding carboxylic acids is 1. The molecule has 0 atom stereocenters. The van der Waals surface area contributed by atoms with Gasteiger partial charge < -0.3 is 9.15 Å². The Morgan fingerprint density at radius 1 is 1.30 bits per heavy atom. The van der Waals surface area contributed by atoms with E-state index in [0.717, 1.165) is 5.69 Å². The minimum absolute atomic E-state index is 0.0627. The lowest BCUT2D eigenvalue weighted by molar-refractivity contribution is 0.0573. The zero-order valence-corrected chi connectivity index (χ0v) is 16.0. The van der Waals surface area contributed by atoms with Gasteiger partial charge in [-0.1, -0.05) is 17.7 Å². The summed E-state index contributed by atoms with van der Waals surface area (Å²) in [6.45, 7) is 0. The maximum absolute atomic E-state index is 11.9. The van der Waals surface area contributed by atoms with Gasteiger partial charge in [-0.25, -0.2) is 9.78 Å². The lowest BCUT2D eigenvalue weighted by Gasteiger charge is -2.09. The predicted octanol–water partition coefficient (Wildman–Crippen LogP) is 4.54. The summed E-state index contributed by atoms with van der Waals surface area (Å²) in [5.41, 5.74) is 2.63. The molecule has 27 heavy (non-hydrogen) atoms. The smallest absolute Gasteiger partial charge is 0.358 e. The Kier molecular flexibility index (Phi) is 5.23. The third-order valence-corrected chi connectivity index (χ3v) is 5.04. The first kappa shape index (κ1) is 17.8. The maximum atomic E-state index is 11.9. The van der Waals surface area contributed by atoms with E-state index in [1.807, 2.05) is 12.1 Å². The van der Waals surface area contributed by atoms with Crippen LogP contribution >= 0.6 is 34.7 Å². The molecule has 136 valence electrons. The van der Waals surface area contributed by atoms with Gasteiger partial charge in [0, 0.05) is 10.4 Å². The summed E-state index contributed by atoms with van der Waals surface area (Å²) in [5.74, 6) is 0.668. The van der Waals surface area contributed by atoms with Crippen molar-refractivity contribution in [3.8, 4) is 17.3 Å². The molecule has 7 nitrogen and oxygen atoms in total. The second kappa shape index (κ2) is 7.95. The van der Waals surface area contributed by atoms with E-state index in [4.69, 9.17) is 20.8 Å². The summed E-state index contributed by atoms with van der Waals surface area (Å²) in [6, 6.07) is 10.9. The average molecular weight is 419 g/mol. The number of thiazole rings is 1. The van der Waals surface area contributed by atoms with Gasteiger partial charge in [-0.15, -0.1) is 21.5 Å². The fourth-order valence-electron chi connectivity index (χ4n) is 2.30. The van der Waals surface area contributed by atoms with E-state index in [9.17, 15) is 4.79 Å². The second-order valence-electron chi connectivity index (χ2n) is 5.17. The Hall–Kier alpha value is -2.62. The van der Waals surface area contributed by atoms with E-state index in [1.54, 1.807) is 46.0 Å². The van der Waals surface area contributed by atoms with Gasteiger partial charge in [-0.05, 0) is 42.1 Å². The van der Waals surface area contributed by atoms with Gasteiger partial charge in [-0.3, -0.25) is 4.57 Å². The number of carbonyl (C=O) groups is 1. The van der Waals surface area contributed by atoms with Crippen molar-refractivity contribution in [1.29, 1.82) is 0 Å². The van der Waals surface area contributed by atoms with Crippen molar-refractivity contribution in [2.75, 3.05) is 5.94 Å². The normalized spacial score (nSPS) is 10.9. The number of furan rings is 1. The molecular formula is C17H11ClN4O3S2. The van der Waals surface area contributed by atoms with Crippen molar-refractivity contribution < 1.29 is 13.9 Å². The van der Waals surface area contributed by atoms with Crippen LogP contribution in [0.1, 0.15) is 10.5 Å². The Balaban J connectivity index is 1.60. The molecule has 0 aliphatic carbocycles. The van der Waals surface area contributed by atoms with Crippen molar-refractivity contribution in [2.24, 2.45) is 0 Å². The lowest BCUT2D eigenvalue weighted by atomic mass is 10.3. The zero-order chi connectivity index (χ0) is 18.6. The molecule has 0 fully saturated rings. The van der Waals surface area contributed by atoms with E-state index < -0.39 is 5.97 Å². The lowest BCUT2D eigenvalue weighted by Crippen LogP contribution is -2.06. The highest BCUT2D eigenvalue weighted by molar-refractivity contribution is 7.99. The Morgan fingerprint density at radius 2 is 2.22 bits per heavy atom. The van der Waals surface area contributed by atoms with Gasteiger partial charge in [0.1, 0.15) is 5.94 Å². The maximum Gasteiger partial charge on any atom is 0.358 e. The molecule has 1 aromatic carbocycles. The number of benzene rings is 1. The third-order valence-electron chi connectivity index (χ3n) is 3.46. The van der Waals surface area contributed by atoms with Crippen LogP contribution in [0.25, 0.3) is 17.3 Å². The van der Waals surface area contributed by atoms with Crippen LogP contribution in [0.5, 0.6) is 0 Å². The van der Waals surface area contributed by atoms with Crippen LogP contribution in [0.2, 0.25) is 5.02 Å². The number of nitrogens with zero attached hydrogens (tertiary/aromatic N) is 4. The van der Waals surface area contributed by atoms with E-state index in [2.05, 4.69) is 15.2 Å². The predicted molar refractivity (Wildman–Crippen MR) is 102 cm³/mol. The molecule has 0 aliphatic rings. The van der Waals surface area contributed by atoms with Crippen LogP contribution in [-0.4, -0.2) is 31.7 Å². The quantitative estimate of drug-likeness (QED) is 0.258. The van der Waals surface area contributed by atoms with Crippen molar-refractivity contribution in [2.45, 2.75) is 5.16 Å². The molecular weight excluding hydrogens is 408 g/mol. The summed E-state index contributed by atoms with van der Waals surface area (Å²) in [6.07, 6.45) is 1.56. The first-order valence-electron chi connectivity index (χ1n) is 7.66. The minimum atomic E-state index is -0.483. The van der Waals surface area contributed by atoms with Crippen molar-refractivity contribution >= 4 is 40.7 Å². The monoisotopic (exact) mass is 418 g/mol. The standard InChI is InChI=1S/C17H11ClN4O3S2/c18-11-3-1-4-12(7-11)22-15(14-5-2-6-24-14)20-21-17(22)27-10-25-16(23)13-8-26-9-19-13/h1-9H,10H2. The fraction of sp³-hybridized carbons (Fsp3) is 0.0588. The highest BCUT2D eigenvalue weighted by atomic mass is 35.5. The Labute approximate surface area is 167 Å². The van der Waals surface area contributed by atoms with Crippen molar-refractivity contribution in [3.05, 3.63) is 64.3 Å². The van der Waals surface area contributed by atoms with Gasteiger partial charge in [0.2, 0.25) is 5.82 Å². The fourth-order valence-corrected chi connectivity index (χ4v) is 3.70. The molecule has 0 aliphatic heterocycles. The first-order chi connectivity index (χ1) is 13.2. The van der Waals surface area contributed by atoms with Gasteiger partial charge >= 0.3 is 5.97 Å². The molecule has 0 N–H and O–H groups in total. The second-order valence-corrected chi connectivity index (χ2v) is 7.21. The van der Waals surface area contributed by atoms with E-state index in [1.165, 1.54) is 23.1 Å². The molecule has 0 saturated heterocycles. The van der Waals surface area contributed by atoms with Crippen LogP contribution in [0, 0.1) is 0 Å². The summed E-state index contributed by atoms with van der Waals surface area (Å²) in [5, 5.41) is 11.2. The number of hydrogen-bond donors (Lipinski definition) is 0. The molecule has 3 aromatic heterocycles. The van der Waals surface area contributed by atoms with E-state index in [-0.39, 0.29) is 11.6 Å². The number of rotatable bonds is 6. The van der Waals surface area contributed by atoms with Gasteiger partial charge in [0.25, 0.3) is 0 Å². The van der Waals surface area contributed by atoms with Crippen LogP contribution in [0.4, 0.5) is 0 Å². The number of halogens is 1. The number of aromatic nitrogens is 4. The molecule has 4 aromatic rings. The summed E-state index contributed by atoms with van der Waals surface area (Å²) >= 11 is 8.70. The molecule has 0 spiro atoms. The number of thioether (sulfide) groups is 1. The Bertz CT molecular complexity index is 1050. The number of esters is 1. The van der Waals surface area contributed by atoms with Crippen molar-refractivity contribution in [3.63, 3.8) is 0 Å². The topological polar surface area (TPSA) is 83.0 Å². The zero-order valence-electron chi connectivity index (χ0n) is 13.6. The highest BCUT2D eigenvalue weighted by Gasteiger charge is 2.19. The largest absolute Gasteiger partial charge is 0.461 e. The van der Waals surface area contributed by atoms with E-state index in [0.29, 0.717) is 21.8 Å². The van der Waals surface area contributed by atoms with Gasteiger partial charge in [-0.2, -0.15) is 0 Å². The van der Waals surface area contributed by atoms with Crippen LogP contribution in [0.15, 0.2) is 63.1 Å². The molecule has 0 bridgehead atoms. The first-order valence-corrected chi connectivity index (χ1v) is 9.96. The number of hydrogen-bond acceptors (Lipinski definition) is 8. The molecule has 0 saturated carbocycles. The van der Waals surface area contributed by atoms with Gasteiger partial charge in [0.15, 0.2) is 16.6 Å². The average Bonchev–Trinajstić information content (AvgIpc) is 3.42. The molecule has 0 amide bonds. The minimum Gasteiger partial charge on any atom is -0.461 e. The van der Waals surface area contributed by atoms with Gasteiger partial charge in [0.05, 0.1) is 17.5 Å². The van der Waals surface area contributed by atoms with Crippen molar-refractivity contribution in [1.82, 2.24) is 19.7 Å². The summed E-state index contributed by atoms with van der Waals surface area (Å²) in [4.78, 5) is 15.8.